The normalized spacial score (nSPS) is 18.7. The van der Waals surface area contributed by atoms with Crippen LogP contribution in [0.5, 0.6) is 0 Å². The predicted molar refractivity (Wildman–Crippen MR) is 53.2 cm³/mol. The first-order valence-corrected chi connectivity index (χ1v) is 4.76. The molecule has 3 N–H and O–H groups in total. The van der Waals surface area contributed by atoms with Gasteiger partial charge in [-0.05, 0) is 13.3 Å². The van der Waals surface area contributed by atoms with E-state index in [1.165, 1.54) is 6.20 Å². The highest BCUT2D eigenvalue weighted by atomic mass is 16.2. The van der Waals surface area contributed by atoms with Crippen molar-refractivity contribution in [3.8, 4) is 0 Å². The fourth-order valence-electron chi connectivity index (χ4n) is 1.78. The number of hydrogen-bond donors (Lipinski definition) is 2. The number of amides is 1. The molecule has 1 aromatic heterocycles. The van der Waals surface area contributed by atoms with Crippen LogP contribution in [0.25, 0.3) is 0 Å². The molecule has 0 saturated heterocycles. The first kappa shape index (κ1) is 9.85. The Balaban J connectivity index is 2.55. The molecule has 0 spiro atoms. The van der Waals surface area contributed by atoms with Crippen LogP contribution in [-0.2, 0) is 6.42 Å². The van der Waals surface area contributed by atoms with E-state index in [0.717, 1.165) is 18.7 Å². The molecule has 1 atom stereocenters. The number of nitrogens with two attached hydrogens (primary N) is 1. The van der Waals surface area contributed by atoms with Crippen LogP contribution in [-0.4, -0.2) is 15.5 Å². The average molecular weight is 208 g/mol. The van der Waals surface area contributed by atoms with Crippen molar-refractivity contribution in [1.82, 2.24) is 15.0 Å². The first-order valence-electron chi connectivity index (χ1n) is 4.76. The summed E-state index contributed by atoms with van der Waals surface area (Å²) in [5, 5.41) is 0. The van der Waals surface area contributed by atoms with Gasteiger partial charge in [-0.2, -0.15) is 4.98 Å². The number of hydrogen-bond acceptors (Lipinski definition) is 4. The molecule has 0 saturated carbocycles. The van der Waals surface area contributed by atoms with Crippen LogP contribution in [0.3, 0.4) is 0 Å². The molecular weight excluding hydrogens is 196 g/mol. The van der Waals surface area contributed by atoms with E-state index in [1.807, 2.05) is 16.9 Å². The number of carbonyl (C=O) groups is 1. The fraction of sp³-hybridized carbons (Fsp3) is 0.444. The van der Waals surface area contributed by atoms with Crippen LogP contribution >= 0.6 is 0 Å². The van der Waals surface area contributed by atoms with E-state index in [9.17, 15) is 9.59 Å². The minimum atomic E-state index is -0.595. The van der Waals surface area contributed by atoms with Crippen molar-refractivity contribution in [3.05, 3.63) is 27.9 Å². The summed E-state index contributed by atoms with van der Waals surface area (Å²) in [5.74, 6) is 5.12. The van der Waals surface area contributed by atoms with Gasteiger partial charge in [0.15, 0.2) is 0 Å². The van der Waals surface area contributed by atoms with E-state index >= 15 is 0 Å². The standard InChI is InChI=1S/C9H12N4O2/c1-5-2-3-7-11-8(14)6(4-13(5)7)9(15)12-10/h4-5H,2-3,10H2,1H3,(H,12,15). The Morgan fingerprint density at radius 2 is 2.47 bits per heavy atom. The molecule has 6 heteroatoms. The second-order valence-electron chi connectivity index (χ2n) is 3.64. The lowest BCUT2D eigenvalue weighted by Crippen LogP contribution is -2.35. The Kier molecular flexibility index (Phi) is 2.28. The third kappa shape index (κ3) is 1.52. The number of nitrogen functional groups attached to an aromatic ring is 1. The third-order valence-electron chi connectivity index (χ3n) is 2.66. The van der Waals surface area contributed by atoms with Gasteiger partial charge in [-0.1, -0.05) is 0 Å². The quantitative estimate of drug-likeness (QED) is 0.364. The van der Waals surface area contributed by atoms with Gasteiger partial charge in [-0.25, -0.2) is 5.84 Å². The second kappa shape index (κ2) is 3.47. The van der Waals surface area contributed by atoms with Crippen molar-refractivity contribution in [3.63, 3.8) is 0 Å². The predicted octanol–water partition coefficient (Wildman–Crippen LogP) is -0.646. The third-order valence-corrected chi connectivity index (χ3v) is 2.66. The zero-order valence-electron chi connectivity index (χ0n) is 8.36. The van der Waals surface area contributed by atoms with Crippen molar-refractivity contribution in [1.29, 1.82) is 0 Å². The summed E-state index contributed by atoms with van der Waals surface area (Å²) < 4.78 is 1.85. The Labute approximate surface area is 86.1 Å². The maximum Gasteiger partial charge on any atom is 0.285 e. The van der Waals surface area contributed by atoms with Crippen LogP contribution in [0.2, 0.25) is 0 Å². The lowest BCUT2D eigenvalue weighted by atomic mass is 10.2. The maximum atomic E-state index is 11.4. The van der Waals surface area contributed by atoms with E-state index < -0.39 is 11.5 Å². The van der Waals surface area contributed by atoms with Gasteiger partial charge in [0.25, 0.3) is 11.5 Å². The molecule has 1 amide bonds. The Bertz CT molecular complexity index is 466. The van der Waals surface area contributed by atoms with Crippen LogP contribution < -0.4 is 16.8 Å². The molecule has 2 rings (SSSR count). The minimum absolute atomic E-state index is 0.00463. The Morgan fingerprint density at radius 1 is 1.73 bits per heavy atom. The lowest BCUT2D eigenvalue weighted by Gasteiger charge is -2.09. The highest BCUT2D eigenvalue weighted by Crippen LogP contribution is 2.22. The van der Waals surface area contributed by atoms with Gasteiger partial charge in [-0.3, -0.25) is 15.0 Å². The monoisotopic (exact) mass is 208 g/mol. The molecule has 1 aromatic rings. The molecule has 80 valence electrons. The highest BCUT2D eigenvalue weighted by molar-refractivity contribution is 5.93. The number of rotatable bonds is 1. The molecule has 0 aliphatic carbocycles. The van der Waals surface area contributed by atoms with Gasteiger partial charge in [-0.15, -0.1) is 0 Å². The van der Waals surface area contributed by atoms with Crippen LogP contribution in [0.4, 0.5) is 0 Å². The zero-order chi connectivity index (χ0) is 11.0. The molecule has 15 heavy (non-hydrogen) atoms. The van der Waals surface area contributed by atoms with Crippen molar-refractivity contribution >= 4 is 5.91 Å². The molecule has 1 unspecified atom stereocenters. The number of fused-ring (bicyclic) bond motifs is 1. The summed E-state index contributed by atoms with van der Waals surface area (Å²) in [7, 11) is 0. The summed E-state index contributed by atoms with van der Waals surface area (Å²) in [6.45, 7) is 2.02. The number of aryl methyl sites for hydroxylation is 1. The molecule has 0 aromatic carbocycles. The minimum Gasteiger partial charge on any atom is -0.333 e. The Morgan fingerprint density at radius 3 is 3.13 bits per heavy atom. The van der Waals surface area contributed by atoms with Gasteiger partial charge in [0.05, 0.1) is 0 Å². The molecule has 1 aliphatic heterocycles. The Hall–Kier alpha value is -1.69. The number of hydrazine groups is 1. The molecule has 2 heterocycles. The van der Waals surface area contributed by atoms with Crippen LogP contribution in [0.1, 0.15) is 35.6 Å². The molecule has 6 nitrogen and oxygen atoms in total. The van der Waals surface area contributed by atoms with E-state index in [4.69, 9.17) is 5.84 Å². The van der Waals surface area contributed by atoms with Crippen molar-refractivity contribution in [2.75, 3.05) is 0 Å². The summed E-state index contributed by atoms with van der Waals surface area (Å²) in [5.41, 5.74) is 1.42. The second-order valence-corrected chi connectivity index (χ2v) is 3.64. The number of carbonyl (C=O) groups excluding carboxylic acids is 1. The van der Waals surface area contributed by atoms with E-state index in [0.29, 0.717) is 0 Å². The van der Waals surface area contributed by atoms with E-state index in [-0.39, 0.29) is 11.6 Å². The van der Waals surface area contributed by atoms with Gasteiger partial charge in [0, 0.05) is 18.7 Å². The largest absolute Gasteiger partial charge is 0.333 e. The van der Waals surface area contributed by atoms with E-state index in [1.54, 1.807) is 0 Å². The first-order chi connectivity index (χ1) is 7.13. The zero-order valence-corrected chi connectivity index (χ0v) is 8.36. The topological polar surface area (TPSA) is 90.0 Å². The van der Waals surface area contributed by atoms with E-state index in [2.05, 4.69) is 4.98 Å². The fourth-order valence-corrected chi connectivity index (χ4v) is 1.78. The summed E-state index contributed by atoms with van der Waals surface area (Å²) in [6, 6.07) is 0.275. The van der Waals surface area contributed by atoms with Crippen molar-refractivity contribution < 1.29 is 4.79 Å². The molecule has 0 radical (unpaired) electrons. The summed E-state index contributed by atoms with van der Waals surface area (Å²) >= 11 is 0. The van der Waals surface area contributed by atoms with Gasteiger partial charge in [0.2, 0.25) is 0 Å². The van der Waals surface area contributed by atoms with Gasteiger partial charge in [0.1, 0.15) is 11.4 Å². The smallest absolute Gasteiger partial charge is 0.285 e. The number of aromatic nitrogens is 2. The molecular formula is C9H12N4O2. The van der Waals surface area contributed by atoms with Crippen molar-refractivity contribution in [2.24, 2.45) is 5.84 Å². The van der Waals surface area contributed by atoms with Crippen molar-refractivity contribution in [2.45, 2.75) is 25.8 Å². The molecule has 1 aliphatic rings. The van der Waals surface area contributed by atoms with Crippen LogP contribution in [0.15, 0.2) is 11.0 Å². The average Bonchev–Trinajstić information content (AvgIpc) is 2.58. The maximum absolute atomic E-state index is 11.4. The molecule has 0 fully saturated rings. The van der Waals surface area contributed by atoms with Gasteiger partial charge < -0.3 is 4.57 Å². The summed E-state index contributed by atoms with van der Waals surface area (Å²) in [6.07, 6.45) is 3.26. The van der Waals surface area contributed by atoms with Crippen LogP contribution in [0, 0.1) is 0 Å². The lowest BCUT2D eigenvalue weighted by molar-refractivity contribution is 0.0951. The molecule has 0 bridgehead atoms. The number of nitrogens with one attached hydrogen (secondary N) is 1. The highest BCUT2D eigenvalue weighted by Gasteiger charge is 2.21. The summed E-state index contributed by atoms with van der Waals surface area (Å²) in [4.78, 5) is 26.6. The van der Waals surface area contributed by atoms with Gasteiger partial charge >= 0.3 is 0 Å². The number of nitrogens with zero attached hydrogens (tertiary/aromatic N) is 2. The SMILES string of the molecule is CC1CCc2nc(=O)c(C(=O)NN)cn21.